The number of rotatable bonds is 6. The van der Waals surface area contributed by atoms with Gasteiger partial charge in [-0.1, -0.05) is 20.3 Å². The first-order valence-corrected chi connectivity index (χ1v) is 6.69. The molecule has 0 aromatic heterocycles. The normalized spacial score (nSPS) is 24.7. The van der Waals surface area contributed by atoms with Crippen molar-refractivity contribution in [3.05, 3.63) is 0 Å². The molecule has 3 nitrogen and oxygen atoms in total. The number of carbonyl (C=O) groups excluding carboxylic acids is 1. The molecule has 2 atom stereocenters. The van der Waals surface area contributed by atoms with Crippen LogP contribution in [0.5, 0.6) is 0 Å². The summed E-state index contributed by atoms with van der Waals surface area (Å²) in [4.78, 5) is 14.4. The second kappa shape index (κ2) is 6.89. The molecular formula is C13H26N2O. The molecule has 0 radical (unpaired) electrons. The maximum absolute atomic E-state index is 12.3. The predicted molar refractivity (Wildman–Crippen MR) is 67.0 cm³/mol. The molecule has 0 aliphatic heterocycles. The first kappa shape index (κ1) is 13.5. The Bertz CT molecular complexity index is 218. The van der Waals surface area contributed by atoms with Crippen LogP contribution in [-0.2, 0) is 4.79 Å². The van der Waals surface area contributed by atoms with E-state index in [0.29, 0.717) is 18.4 Å². The average molecular weight is 226 g/mol. The van der Waals surface area contributed by atoms with Crippen LogP contribution < -0.4 is 5.73 Å². The summed E-state index contributed by atoms with van der Waals surface area (Å²) in [5.41, 5.74) is 5.52. The van der Waals surface area contributed by atoms with Crippen molar-refractivity contribution in [2.75, 3.05) is 19.6 Å². The van der Waals surface area contributed by atoms with E-state index in [-0.39, 0.29) is 5.92 Å². The lowest BCUT2D eigenvalue weighted by molar-refractivity contribution is -0.136. The lowest BCUT2D eigenvalue weighted by Crippen LogP contribution is -2.38. The van der Waals surface area contributed by atoms with Crippen molar-refractivity contribution in [2.45, 2.75) is 46.0 Å². The number of nitrogens with zero attached hydrogens (tertiary/aromatic N) is 1. The van der Waals surface area contributed by atoms with E-state index in [1.54, 1.807) is 0 Å². The Kier molecular flexibility index (Phi) is 5.81. The van der Waals surface area contributed by atoms with Crippen LogP contribution in [0.25, 0.3) is 0 Å². The Morgan fingerprint density at radius 3 is 2.62 bits per heavy atom. The van der Waals surface area contributed by atoms with Gasteiger partial charge in [-0.25, -0.2) is 0 Å². The molecule has 0 bridgehead atoms. The zero-order valence-corrected chi connectivity index (χ0v) is 10.7. The highest BCUT2D eigenvalue weighted by Gasteiger charge is 2.32. The summed E-state index contributed by atoms with van der Waals surface area (Å²) in [5.74, 6) is 1.23. The van der Waals surface area contributed by atoms with E-state index in [1.807, 2.05) is 4.90 Å². The largest absolute Gasteiger partial charge is 0.342 e. The predicted octanol–water partition coefficient (Wildman–Crippen LogP) is 2.01. The second-order valence-corrected chi connectivity index (χ2v) is 4.98. The van der Waals surface area contributed by atoms with E-state index in [1.165, 1.54) is 12.8 Å². The van der Waals surface area contributed by atoms with Gasteiger partial charge in [0.15, 0.2) is 0 Å². The molecule has 3 heteroatoms. The van der Waals surface area contributed by atoms with Crippen LogP contribution in [0, 0.1) is 11.8 Å². The number of nitrogens with two attached hydrogens (primary N) is 1. The molecule has 1 rings (SSSR count). The van der Waals surface area contributed by atoms with Crippen LogP contribution in [0.3, 0.4) is 0 Å². The summed E-state index contributed by atoms with van der Waals surface area (Å²) >= 11 is 0. The molecular weight excluding hydrogens is 200 g/mol. The van der Waals surface area contributed by atoms with E-state index in [2.05, 4.69) is 13.8 Å². The zero-order chi connectivity index (χ0) is 12.0. The van der Waals surface area contributed by atoms with Crippen molar-refractivity contribution < 1.29 is 4.79 Å². The number of hydrogen-bond donors (Lipinski definition) is 1. The lowest BCUT2D eigenvalue weighted by atomic mass is 9.96. The molecule has 94 valence electrons. The molecule has 16 heavy (non-hydrogen) atoms. The first-order valence-electron chi connectivity index (χ1n) is 6.69. The van der Waals surface area contributed by atoms with E-state index in [4.69, 9.17) is 5.73 Å². The van der Waals surface area contributed by atoms with Gasteiger partial charge >= 0.3 is 0 Å². The molecule has 1 aliphatic rings. The molecule has 2 unspecified atom stereocenters. The maximum Gasteiger partial charge on any atom is 0.225 e. The summed E-state index contributed by atoms with van der Waals surface area (Å²) in [6, 6.07) is 0. The third-order valence-corrected chi connectivity index (χ3v) is 3.62. The highest BCUT2D eigenvalue weighted by Crippen LogP contribution is 2.32. The van der Waals surface area contributed by atoms with Crippen LogP contribution in [0.1, 0.15) is 46.0 Å². The van der Waals surface area contributed by atoms with E-state index < -0.39 is 0 Å². The smallest absolute Gasteiger partial charge is 0.225 e. The molecule has 1 amide bonds. The highest BCUT2D eigenvalue weighted by atomic mass is 16.2. The van der Waals surface area contributed by atoms with Crippen LogP contribution in [0.15, 0.2) is 0 Å². The van der Waals surface area contributed by atoms with Crippen LogP contribution in [-0.4, -0.2) is 30.4 Å². The standard InChI is InChI=1S/C13H26N2O/c1-3-9-15(10-5-8-14)13(16)12-7-4-6-11(12)2/h11-12H,3-10,14H2,1-2H3. The van der Waals surface area contributed by atoms with Gasteiger partial charge in [0.05, 0.1) is 0 Å². The lowest BCUT2D eigenvalue weighted by Gasteiger charge is -2.27. The average Bonchev–Trinajstić information content (AvgIpc) is 2.69. The van der Waals surface area contributed by atoms with Gasteiger partial charge in [0, 0.05) is 19.0 Å². The molecule has 1 fully saturated rings. The van der Waals surface area contributed by atoms with Crippen molar-refractivity contribution in [2.24, 2.45) is 17.6 Å². The Labute approximate surface area is 99.4 Å². The third-order valence-electron chi connectivity index (χ3n) is 3.62. The summed E-state index contributed by atoms with van der Waals surface area (Å²) in [5, 5.41) is 0. The Balaban J connectivity index is 2.51. The van der Waals surface area contributed by atoms with Crippen molar-refractivity contribution in [1.82, 2.24) is 4.90 Å². The second-order valence-electron chi connectivity index (χ2n) is 4.98. The Hall–Kier alpha value is -0.570. The number of amides is 1. The van der Waals surface area contributed by atoms with Gasteiger partial charge in [-0.05, 0) is 38.1 Å². The van der Waals surface area contributed by atoms with Gasteiger partial charge in [0.2, 0.25) is 5.91 Å². The van der Waals surface area contributed by atoms with Gasteiger partial charge in [-0.2, -0.15) is 0 Å². The first-order chi connectivity index (χ1) is 7.70. The quantitative estimate of drug-likeness (QED) is 0.753. The fraction of sp³-hybridized carbons (Fsp3) is 0.923. The molecule has 0 aromatic carbocycles. The minimum absolute atomic E-state index is 0.282. The van der Waals surface area contributed by atoms with Gasteiger partial charge in [-0.15, -0.1) is 0 Å². The third kappa shape index (κ3) is 3.48. The summed E-state index contributed by atoms with van der Waals surface area (Å²) < 4.78 is 0. The van der Waals surface area contributed by atoms with Crippen molar-refractivity contribution in [1.29, 1.82) is 0 Å². The summed E-state index contributed by atoms with van der Waals surface area (Å²) in [6.45, 7) is 6.74. The minimum Gasteiger partial charge on any atom is -0.342 e. The van der Waals surface area contributed by atoms with Crippen molar-refractivity contribution in [3.8, 4) is 0 Å². The van der Waals surface area contributed by atoms with Crippen LogP contribution in [0.4, 0.5) is 0 Å². The van der Waals surface area contributed by atoms with E-state index in [0.717, 1.165) is 32.4 Å². The van der Waals surface area contributed by atoms with E-state index in [9.17, 15) is 4.79 Å². The van der Waals surface area contributed by atoms with Gasteiger partial charge in [0.25, 0.3) is 0 Å². The summed E-state index contributed by atoms with van der Waals surface area (Å²) in [7, 11) is 0. The monoisotopic (exact) mass is 226 g/mol. The molecule has 1 aliphatic carbocycles. The van der Waals surface area contributed by atoms with Crippen LogP contribution in [0.2, 0.25) is 0 Å². The molecule has 0 saturated heterocycles. The van der Waals surface area contributed by atoms with Crippen molar-refractivity contribution >= 4 is 5.91 Å². The maximum atomic E-state index is 12.3. The number of carbonyl (C=O) groups is 1. The Morgan fingerprint density at radius 2 is 2.12 bits per heavy atom. The fourth-order valence-electron chi connectivity index (χ4n) is 2.63. The fourth-order valence-corrected chi connectivity index (χ4v) is 2.63. The SMILES string of the molecule is CCCN(CCCN)C(=O)C1CCCC1C. The molecule has 0 heterocycles. The summed E-state index contributed by atoms with van der Waals surface area (Å²) in [6.07, 6.45) is 5.48. The minimum atomic E-state index is 0.282. The van der Waals surface area contributed by atoms with Crippen molar-refractivity contribution in [3.63, 3.8) is 0 Å². The molecule has 0 spiro atoms. The number of hydrogen-bond acceptors (Lipinski definition) is 2. The molecule has 0 aromatic rings. The topological polar surface area (TPSA) is 46.3 Å². The zero-order valence-electron chi connectivity index (χ0n) is 10.7. The van der Waals surface area contributed by atoms with Gasteiger partial charge < -0.3 is 10.6 Å². The highest BCUT2D eigenvalue weighted by molar-refractivity contribution is 5.79. The van der Waals surface area contributed by atoms with Gasteiger partial charge in [0.1, 0.15) is 0 Å². The van der Waals surface area contributed by atoms with Gasteiger partial charge in [-0.3, -0.25) is 4.79 Å². The Morgan fingerprint density at radius 1 is 1.38 bits per heavy atom. The molecule has 1 saturated carbocycles. The van der Waals surface area contributed by atoms with Crippen LogP contribution >= 0.6 is 0 Å². The van der Waals surface area contributed by atoms with E-state index >= 15 is 0 Å². The molecule has 2 N–H and O–H groups in total.